The van der Waals surface area contributed by atoms with Crippen molar-refractivity contribution >= 4 is 10.1 Å². The van der Waals surface area contributed by atoms with E-state index in [9.17, 15) is 21.6 Å². The van der Waals surface area contributed by atoms with Gasteiger partial charge in [-0.3, -0.25) is 8.86 Å². The summed E-state index contributed by atoms with van der Waals surface area (Å²) in [7, 11) is -2.45. The van der Waals surface area contributed by atoms with Crippen LogP contribution in [-0.2, 0) is 34.1 Å². The molecule has 9 heteroatoms. The lowest BCUT2D eigenvalue weighted by Crippen LogP contribution is -2.11. The molecule has 0 aliphatic rings. The summed E-state index contributed by atoms with van der Waals surface area (Å²) in [6, 6.07) is 0. The van der Waals surface area contributed by atoms with Gasteiger partial charge in [0, 0.05) is 18.3 Å². The fourth-order valence-electron chi connectivity index (χ4n) is 1.22. The monoisotopic (exact) mass is 272 g/mol. The molecular formula is C8H11F3N2O3S. The van der Waals surface area contributed by atoms with Gasteiger partial charge in [-0.15, -0.1) is 0 Å². The lowest BCUT2D eigenvalue weighted by molar-refractivity contribution is -0.142. The van der Waals surface area contributed by atoms with Crippen LogP contribution in [0, 0.1) is 6.92 Å². The van der Waals surface area contributed by atoms with Gasteiger partial charge in [-0.05, 0) is 6.92 Å². The van der Waals surface area contributed by atoms with E-state index in [4.69, 9.17) is 0 Å². The van der Waals surface area contributed by atoms with Crippen molar-refractivity contribution in [1.82, 2.24) is 9.78 Å². The van der Waals surface area contributed by atoms with Crippen LogP contribution in [0.4, 0.5) is 13.2 Å². The van der Waals surface area contributed by atoms with Crippen LogP contribution >= 0.6 is 0 Å². The van der Waals surface area contributed by atoms with E-state index in [1.807, 2.05) is 0 Å². The maximum atomic E-state index is 12.6. The van der Waals surface area contributed by atoms with E-state index in [1.54, 1.807) is 0 Å². The smallest absolute Gasteiger partial charge is 0.272 e. The van der Waals surface area contributed by atoms with Gasteiger partial charge in [0.15, 0.2) is 5.69 Å². The molecule has 0 aromatic carbocycles. The number of nitrogens with zero attached hydrogens (tertiary/aromatic N) is 2. The predicted molar refractivity (Wildman–Crippen MR) is 52.6 cm³/mol. The van der Waals surface area contributed by atoms with Crippen LogP contribution in [0.1, 0.15) is 17.0 Å². The van der Waals surface area contributed by atoms with Crippen LogP contribution in [-0.4, -0.2) is 24.5 Å². The van der Waals surface area contributed by atoms with Gasteiger partial charge >= 0.3 is 6.18 Å². The molecule has 98 valence electrons. The second-order valence-electron chi connectivity index (χ2n) is 3.50. The highest BCUT2D eigenvalue weighted by molar-refractivity contribution is 7.85. The minimum Gasteiger partial charge on any atom is -0.272 e. The normalized spacial score (nSPS) is 13.1. The third-order valence-electron chi connectivity index (χ3n) is 2.14. The second kappa shape index (κ2) is 4.30. The predicted octanol–water partition coefficient (Wildman–Crippen LogP) is 1.22. The third-order valence-corrected chi connectivity index (χ3v) is 2.69. The van der Waals surface area contributed by atoms with E-state index in [0.29, 0.717) is 0 Å². The summed E-state index contributed by atoms with van der Waals surface area (Å²) in [5, 5.41) is 3.30. The van der Waals surface area contributed by atoms with Gasteiger partial charge in [0.05, 0.1) is 12.9 Å². The van der Waals surface area contributed by atoms with Crippen molar-refractivity contribution in [1.29, 1.82) is 0 Å². The Hall–Kier alpha value is -1.09. The number of aryl methyl sites for hydroxylation is 1. The van der Waals surface area contributed by atoms with Crippen molar-refractivity contribution in [3.63, 3.8) is 0 Å². The lowest BCUT2D eigenvalue weighted by Gasteiger charge is -2.06. The zero-order valence-electron chi connectivity index (χ0n) is 9.37. The Kier molecular flexibility index (Phi) is 3.53. The molecule has 0 aliphatic carbocycles. The zero-order valence-corrected chi connectivity index (χ0v) is 10.2. The molecule has 0 N–H and O–H groups in total. The van der Waals surface area contributed by atoms with Crippen LogP contribution in [0.25, 0.3) is 0 Å². The van der Waals surface area contributed by atoms with Crippen molar-refractivity contribution in [2.45, 2.75) is 19.7 Å². The molecule has 1 aromatic rings. The van der Waals surface area contributed by atoms with Crippen LogP contribution < -0.4 is 0 Å². The molecule has 0 unspecified atom stereocenters. The summed E-state index contributed by atoms with van der Waals surface area (Å²) >= 11 is 0. The molecule has 1 rings (SSSR count). The number of halogens is 3. The van der Waals surface area contributed by atoms with E-state index in [0.717, 1.165) is 10.9 Å². The average Bonchev–Trinajstić information content (AvgIpc) is 2.39. The highest BCUT2D eigenvalue weighted by atomic mass is 32.2. The van der Waals surface area contributed by atoms with E-state index in [2.05, 4.69) is 9.28 Å². The first-order valence-electron chi connectivity index (χ1n) is 4.46. The number of rotatable bonds is 3. The van der Waals surface area contributed by atoms with Crippen molar-refractivity contribution in [2.24, 2.45) is 7.05 Å². The van der Waals surface area contributed by atoms with Crippen molar-refractivity contribution in [3.05, 3.63) is 17.0 Å². The molecule has 0 aliphatic heterocycles. The molecule has 0 atom stereocenters. The van der Waals surface area contributed by atoms with Crippen LogP contribution in [0.15, 0.2) is 0 Å². The van der Waals surface area contributed by atoms with Gasteiger partial charge in [-0.25, -0.2) is 0 Å². The molecule has 1 aromatic heterocycles. The van der Waals surface area contributed by atoms with Gasteiger partial charge in [0.25, 0.3) is 10.1 Å². The molecule has 0 spiro atoms. The van der Waals surface area contributed by atoms with Crippen molar-refractivity contribution in [3.8, 4) is 0 Å². The Morgan fingerprint density at radius 2 is 1.94 bits per heavy atom. The Balaban J connectivity index is 3.14. The molecule has 0 bridgehead atoms. The van der Waals surface area contributed by atoms with E-state index >= 15 is 0 Å². The molecule has 5 nitrogen and oxygen atoms in total. The largest absolute Gasteiger partial charge is 0.435 e. The Morgan fingerprint density at radius 3 is 2.35 bits per heavy atom. The average molecular weight is 272 g/mol. The lowest BCUT2D eigenvalue weighted by atomic mass is 10.2. The quantitative estimate of drug-likeness (QED) is 0.776. The molecule has 0 amide bonds. The fourth-order valence-corrected chi connectivity index (χ4v) is 1.55. The minimum absolute atomic E-state index is 0.209. The molecule has 0 saturated heterocycles. The van der Waals surface area contributed by atoms with Crippen LogP contribution in [0.2, 0.25) is 0 Å². The highest BCUT2D eigenvalue weighted by Gasteiger charge is 2.38. The third kappa shape index (κ3) is 3.43. The fraction of sp³-hybridized carbons (Fsp3) is 0.625. The van der Waals surface area contributed by atoms with Crippen molar-refractivity contribution in [2.75, 3.05) is 6.26 Å². The number of hydrogen-bond acceptors (Lipinski definition) is 4. The molecule has 0 saturated carbocycles. The molecule has 1 heterocycles. The second-order valence-corrected chi connectivity index (χ2v) is 5.14. The first-order chi connectivity index (χ1) is 7.52. The Bertz CT molecular complexity index is 519. The molecule has 0 fully saturated rings. The summed E-state index contributed by atoms with van der Waals surface area (Å²) in [4.78, 5) is 0. The van der Waals surface area contributed by atoms with Gasteiger partial charge in [0.2, 0.25) is 0 Å². The minimum atomic E-state index is -4.64. The first kappa shape index (κ1) is 14.0. The van der Waals surface area contributed by atoms with E-state index in [-0.39, 0.29) is 11.3 Å². The summed E-state index contributed by atoms with van der Waals surface area (Å²) in [5.41, 5.74) is -1.19. The number of hydrogen-bond donors (Lipinski definition) is 0. The summed E-state index contributed by atoms with van der Waals surface area (Å²) < 4.78 is 64.6. The van der Waals surface area contributed by atoms with Gasteiger partial charge in [0.1, 0.15) is 0 Å². The number of aromatic nitrogens is 2. The Labute approximate surface area is 96.3 Å². The first-order valence-corrected chi connectivity index (χ1v) is 6.28. The summed E-state index contributed by atoms with van der Waals surface area (Å²) in [6.07, 6.45) is -3.87. The van der Waals surface area contributed by atoms with Crippen molar-refractivity contribution < 1.29 is 25.8 Å². The van der Waals surface area contributed by atoms with Gasteiger partial charge in [-0.2, -0.15) is 26.7 Å². The highest BCUT2D eigenvalue weighted by Crippen LogP contribution is 2.32. The van der Waals surface area contributed by atoms with Gasteiger partial charge < -0.3 is 0 Å². The maximum absolute atomic E-state index is 12.6. The van der Waals surface area contributed by atoms with Gasteiger partial charge in [-0.1, -0.05) is 0 Å². The van der Waals surface area contributed by atoms with Crippen LogP contribution in [0.3, 0.4) is 0 Å². The van der Waals surface area contributed by atoms with Crippen LogP contribution in [0.5, 0.6) is 0 Å². The summed E-state index contributed by atoms with van der Waals surface area (Å²) in [5.74, 6) is 0. The molecular weight excluding hydrogens is 261 g/mol. The van der Waals surface area contributed by atoms with E-state index in [1.165, 1.54) is 14.0 Å². The molecule has 0 radical (unpaired) electrons. The maximum Gasteiger partial charge on any atom is 0.435 e. The standard InChI is InChI=1S/C8H11F3N2O3S/c1-5-6(4-16-17(3,14)15)7(8(9,10)11)12-13(5)2/h4H2,1-3H3. The molecule has 17 heavy (non-hydrogen) atoms. The number of alkyl halides is 3. The zero-order chi connectivity index (χ0) is 13.4. The summed E-state index contributed by atoms with van der Waals surface area (Å²) in [6.45, 7) is 0.733. The SMILES string of the molecule is Cc1c(COS(C)(=O)=O)c(C(F)(F)F)nn1C. The van der Waals surface area contributed by atoms with E-state index < -0.39 is 28.6 Å². The Morgan fingerprint density at radius 1 is 1.41 bits per heavy atom. The topological polar surface area (TPSA) is 61.2 Å².